The van der Waals surface area contributed by atoms with Crippen molar-refractivity contribution < 1.29 is 4.79 Å². The van der Waals surface area contributed by atoms with Gasteiger partial charge in [-0.25, -0.2) is 14.6 Å². The second-order valence-corrected chi connectivity index (χ2v) is 7.86. The lowest BCUT2D eigenvalue weighted by molar-refractivity contribution is -0.131. The maximum absolute atomic E-state index is 13.0. The van der Waals surface area contributed by atoms with Crippen LogP contribution in [0.2, 0.25) is 5.02 Å². The van der Waals surface area contributed by atoms with Gasteiger partial charge in [0, 0.05) is 34.7 Å². The first-order valence-electron chi connectivity index (χ1n) is 9.56. The molecule has 7 heteroatoms. The van der Waals surface area contributed by atoms with Crippen molar-refractivity contribution in [3.05, 3.63) is 69.3 Å². The fourth-order valence-electron chi connectivity index (χ4n) is 3.41. The molecule has 0 spiro atoms. The third-order valence-electron chi connectivity index (χ3n) is 5.23. The van der Waals surface area contributed by atoms with Crippen LogP contribution >= 0.6 is 11.6 Å². The Bertz CT molecular complexity index is 1040. The third kappa shape index (κ3) is 4.48. The van der Waals surface area contributed by atoms with E-state index in [1.54, 1.807) is 9.58 Å². The Morgan fingerprint density at radius 3 is 2.41 bits per heavy atom. The molecule has 1 aromatic carbocycles. The maximum Gasteiger partial charge on any atom is 0.251 e. The van der Waals surface area contributed by atoms with Crippen molar-refractivity contribution in [1.82, 2.24) is 24.6 Å². The van der Waals surface area contributed by atoms with E-state index in [4.69, 9.17) is 11.6 Å². The van der Waals surface area contributed by atoms with Gasteiger partial charge in [0.1, 0.15) is 0 Å². The molecule has 2 aromatic heterocycles. The zero-order chi connectivity index (χ0) is 21.3. The molecule has 3 rings (SSSR count). The standard InChI is InChI=1S/C22H26ClN5O/c1-13-10-14(2)25-22(24-13)28-17(5)20(15(3)26-28)12-21(29)27(6)16(4)18-8-7-9-19(23)11-18/h7-11,16H,12H2,1-6H3. The average molecular weight is 412 g/mol. The van der Waals surface area contributed by atoms with Gasteiger partial charge in [-0.05, 0) is 58.4 Å². The normalized spacial score (nSPS) is 12.1. The Labute approximate surface area is 176 Å². The molecule has 0 aliphatic rings. The van der Waals surface area contributed by atoms with E-state index in [0.29, 0.717) is 11.0 Å². The minimum absolute atomic E-state index is 0.0181. The van der Waals surface area contributed by atoms with Gasteiger partial charge < -0.3 is 4.90 Å². The highest BCUT2D eigenvalue weighted by atomic mass is 35.5. The average Bonchev–Trinajstić information content (AvgIpc) is 2.94. The van der Waals surface area contributed by atoms with E-state index in [1.807, 2.05) is 72.0 Å². The van der Waals surface area contributed by atoms with Crippen LogP contribution in [0.25, 0.3) is 5.95 Å². The molecule has 1 unspecified atom stereocenters. The Hall–Kier alpha value is -2.73. The van der Waals surface area contributed by atoms with E-state index >= 15 is 0 Å². The Morgan fingerprint density at radius 1 is 1.14 bits per heavy atom. The quantitative estimate of drug-likeness (QED) is 0.627. The highest BCUT2D eigenvalue weighted by Gasteiger charge is 2.22. The van der Waals surface area contributed by atoms with Crippen molar-refractivity contribution in [3.63, 3.8) is 0 Å². The van der Waals surface area contributed by atoms with E-state index < -0.39 is 0 Å². The minimum Gasteiger partial charge on any atom is -0.339 e. The predicted molar refractivity (Wildman–Crippen MR) is 114 cm³/mol. The molecule has 0 N–H and O–H groups in total. The molecule has 29 heavy (non-hydrogen) atoms. The molecule has 0 aliphatic heterocycles. The summed E-state index contributed by atoms with van der Waals surface area (Å²) in [6.07, 6.45) is 0.268. The van der Waals surface area contributed by atoms with Crippen molar-refractivity contribution >= 4 is 17.5 Å². The van der Waals surface area contributed by atoms with Gasteiger partial charge in [-0.1, -0.05) is 23.7 Å². The van der Waals surface area contributed by atoms with Crippen LogP contribution in [0, 0.1) is 27.7 Å². The molecule has 0 saturated carbocycles. The fourth-order valence-corrected chi connectivity index (χ4v) is 3.61. The summed E-state index contributed by atoms with van der Waals surface area (Å²) in [6.45, 7) is 9.72. The Balaban J connectivity index is 1.84. The first-order valence-corrected chi connectivity index (χ1v) is 9.94. The second kappa shape index (κ2) is 8.33. The van der Waals surface area contributed by atoms with Gasteiger partial charge >= 0.3 is 0 Å². The molecule has 6 nitrogen and oxygen atoms in total. The van der Waals surface area contributed by atoms with Crippen LogP contribution < -0.4 is 0 Å². The Kier molecular flexibility index (Phi) is 6.03. The van der Waals surface area contributed by atoms with E-state index in [9.17, 15) is 4.79 Å². The van der Waals surface area contributed by atoms with Crippen molar-refractivity contribution in [2.45, 2.75) is 47.1 Å². The molecule has 1 amide bonds. The molecule has 3 aromatic rings. The van der Waals surface area contributed by atoms with Gasteiger partial charge in [-0.2, -0.15) is 5.10 Å². The lowest BCUT2D eigenvalue weighted by Gasteiger charge is -2.25. The van der Waals surface area contributed by atoms with Crippen LogP contribution in [0.4, 0.5) is 0 Å². The number of benzene rings is 1. The van der Waals surface area contributed by atoms with Crippen LogP contribution in [0.1, 0.15) is 46.9 Å². The highest BCUT2D eigenvalue weighted by molar-refractivity contribution is 6.30. The zero-order valence-electron chi connectivity index (χ0n) is 17.7. The molecule has 0 aliphatic carbocycles. The van der Waals surface area contributed by atoms with Crippen molar-refractivity contribution in [2.75, 3.05) is 7.05 Å². The molecule has 0 fully saturated rings. The topological polar surface area (TPSA) is 63.9 Å². The SMILES string of the molecule is Cc1cc(C)nc(-n2nc(C)c(CC(=O)N(C)C(C)c3cccc(Cl)c3)c2C)n1. The zero-order valence-corrected chi connectivity index (χ0v) is 18.4. The molecule has 1 atom stereocenters. The first-order chi connectivity index (χ1) is 13.7. The molecule has 0 radical (unpaired) electrons. The summed E-state index contributed by atoms with van der Waals surface area (Å²) in [7, 11) is 1.82. The summed E-state index contributed by atoms with van der Waals surface area (Å²) in [4.78, 5) is 23.7. The summed E-state index contributed by atoms with van der Waals surface area (Å²) in [5.74, 6) is 0.548. The number of halogens is 1. The van der Waals surface area contributed by atoms with Gasteiger partial charge in [0.05, 0.1) is 18.2 Å². The predicted octanol–water partition coefficient (Wildman–Crippen LogP) is 4.31. The summed E-state index contributed by atoms with van der Waals surface area (Å²) < 4.78 is 1.72. The number of hydrogen-bond acceptors (Lipinski definition) is 4. The van der Waals surface area contributed by atoms with Crippen molar-refractivity contribution in [1.29, 1.82) is 0 Å². The van der Waals surface area contributed by atoms with E-state index in [2.05, 4.69) is 15.1 Å². The van der Waals surface area contributed by atoms with Gasteiger partial charge in [-0.15, -0.1) is 0 Å². The third-order valence-corrected chi connectivity index (χ3v) is 5.47. The summed E-state index contributed by atoms with van der Waals surface area (Å²) in [5, 5.41) is 5.26. The summed E-state index contributed by atoms with van der Waals surface area (Å²) >= 11 is 6.10. The van der Waals surface area contributed by atoms with Gasteiger partial charge in [-0.3, -0.25) is 4.79 Å². The monoisotopic (exact) mass is 411 g/mol. The van der Waals surface area contributed by atoms with Crippen LogP contribution in [-0.4, -0.2) is 37.6 Å². The highest BCUT2D eigenvalue weighted by Crippen LogP contribution is 2.24. The molecule has 0 saturated heterocycles. The van der Waals surface area contributed by atoms with E-state index in [0.717, 1.165) is 33.9 Å². The molecular formula is C22H26ClN5O. The van der Waals surface area contributed by atoms with E-state index in [-0.39, 0.29) is 18.4 Å². The van der Waals surface area contributed by atoms with Crippen molar-refractivity contribution in [3.8, 4) is 5.95 Å². The van der Waals surface area contributed by atoms with Crippen molar-refractivity contribution in [2.24, 2.45) is 0 Å². The summed E-state index contributed by atoms with van der Waals surface area (Å²) in [6, 6.07) is 9.43. The van der Waals surface area contributed by atoms with Crippen LogP contribution in [0.3, 0.4) is 0 Å². The number of amides is 1. The summed E-state index contributed by atoms with van der Waals surface area (Å²) in [5.41, 5.74) is 5.36. The van der Waals surface area contributed by atoms with Crippen LogP contribution in [0.5, 0.6) is 0 Å². The number of carbonyl (C=O) groups is 1. The van der Waals surface area contributed by atoms with Gasteiger partial charge in [0.25, 0.3) is 5.95 Å². The molecule has 0 bridgehead atoms. The number of rotatable bonds is 5. The largest absolute Gasteiger partial charge is 0.339 e. The fraction of sp³-hybridized carbons (Fsp3) is 0.364. The first kappa shape index (κ1) is 21.0. The number of aryl methyl sites for hydroxylation is 3. The van der Waals surface area contributed by atoms with E-state index in [1.165, 1.54) is 0 Å². The number of hydrogen-bond donors (Lipinski definition) is 0. The number of likely N-dealkylation sites (N-methyl/N-ethyl adjacent to an activating group) is 1. The smallest absolute Gasteiger partial charge is 0.251 e. The lowest BCUT2D eigenvalue weighted by Crippen LogP contribution is -2.31. The second-order valence-electron chi connectivity index (χ2n) is 7.42. The van der Waals surface area contributed by atoms with Gasteiger partial charge in [0.15, 0.2) is 0 Å². The minimum atomic E-state index is -0.0837. The van der Waals surface area contributed by atoms with Gasteiger partial charge in [0.2, 0.25) is 5.91 Å². The number of carbonyl (C=O) groups excluding carboxylic acids is 1. The lowest BCUT2D eigenvalue weighted by atomic mass is 10.1. The number of aromatic nitrogens is 4. The van der Waals surface area contributed by atoms with Crippen LogP contribution in [0.15, 0.2) is 30.3 Å². The molecule has 2 heterocycles. The maximum atomic E-state index is 13.0. The number of nitrogens with zero attached hydrogens (tertiary/aromatic N) is 5. The Morgan fingerprint density at radius 2 is 1.79 bits per heavy atom. The molecular weight excluding hydrogens is 386 g/mol. The van der Waals surface area contributed by atoms with Crippen LogP contribution in [-0.2, 0) is 11.2 Å². The molecule has 152 valence electrons.